The number of ether oxygens (including phenoxy) is 1. The SMILES string of the molecule is I.NC(=NCc1cccnc1Oc1cccc(F)c1)NCCc1ccccn1. The molecule has 1 aromatic carbocycles. The molecule has 0 saturated heterocycles. The van der Waals surface area contributed by atoms with Crippen molar-refractivity contribution in [3.8, 4) is 11.6 Å². The molecule has 0 unspecified atom stereocenters. The summed E-state index contributed by atoms with van der Waals surface area (Å²) in [6.45, 7) is 0.924. The Hall–Kier alpha value is -2.75. The molecule has 0 aliphatic rings. The zero-order chi connectivity index (χ0) is 18.9. The number of nitrogens with zero attached hydrogens (tertiary/aromatic N) is 3. The van der Waals surface area contributed by atoms with Gasteiger partial charge in [0.05, 0.1) is 6.54 Å². The number of hydrogen-bond donors (Lipinski definition) is 2. The Morgan fingerprint density at radius 1 is 1.07 bits per heavy atom. The van der Waals surface area contributed by atoms with Gasteiger partial charge in [-0.1, -0.05) is 18.2 Å². The van der Waals surface area contributed by atoms with E-state index < -0.39 is 0 Å². The lowest BCUT2D eigenvalue weighted by Crippen LogP contribution is -2.33. The largest absolute Gasteiger partial charge is 0.439 e. The van der Waals surface area contributed by atoms with Gasteiger partial charge in [0.25, 0.3) is 0 Å². The molecule has 3 N–H and O–H groups in total. The summed E-state index contributed by atoms with van der Waals surface area (Å²) in [5, 5.41) is 3.05. The first-order valence-electron chi connectivity index (χ1n) is 8.52. The Bertz CT molecular complexity index is 908. The van der Waals surface area contributed by atoms with Gasteiger partial charge in [-0.25, -0.2) is 14.4 Å². The maximum Gasteiger partial charge on any atom is 0.224 e. The number of guanidine groups is 1. The van der Waals surface area contributed by atoms with Gasteiger partial charge < -0.3 is 15.8 Å². The molecule has 0 atom stereocenters. The third-order valence-corrected chi connectivity index (χ3v) is 3.69. The van der Waals surface area contributed by atoms with E-state index in [-0.39, 0.29) is 29.8 Å². The monoisotopic (exact) mass is 493 g/mol. The van der Waals surface area contributed by atoms with E-state index in [9.17, 15) is 4.39 Å². The summed E-state index contributed by atoms with van der Waals surface area (Å²) < 4.78 is 19.0. The molecular formula is C20H21FIN5O. The van der Waals surface area contributed by atoms with Crippen molar-refractivity contribution in [1.82, 2.24) is 15.3 Å². The number of aromatic nitrogens is 2. The van der Waals surface area contributed by atoms with Crippen LogP contribution in [0.4, 0.5) is 4.39 Å². The fourth-order valence-corrected chi connectivity index (χ4v) is 2.37. The Balaban J connectivity index is 0.00000280. The summed E-state index contributed by atoms with van der Waals surface area (Å²) >= 11 is 0. The summed E-state index contributed by atoms with van der Waals surface area (Å²) in [6.07, 6.45) is 4.11. The van der Waals surface area contributed by atoms with Gasteiger partial charge >= 0.3 is 0 Å². The summed E-state index contributed by atoms with van der Waals surface area (Å²) in [4.78, 5) is 12.8. The molecule has 2 heterocycles. The molecule has 0 radical (unpaired) electrons. The quantitative estimate of drug-likeness (QED) is 0.298. The van der Waals surface area contributed by atoms with Crippen molar-refractivity contribution in [3.05, 3.63) is 84.1 Å². The van der Waals surface area contributed by atoms with E-state index in [4.69, 9.17) is 10.5 Å². The number of nitrogens with two attached hydrogens (primary N) is 1. The van der Waals surface area contributed by atoms with Crippen molar-refractivity contribution in [1.29, 1.82) is 0 Å². The lowest BCUT2D eigenvalue weighted by atomic mass is 10.2. The lowest BCUT2D eigenvalue weighted by molar-refractivity contribution is 0.452. The second-order valence-corrected chi connectivity index (χ2v) is 5.73. The number of hydrogen-bond acceptors (Lipinski definition) is 4. The predicted molar refractivity (Wildman–Crippen MR) is 117 cm³/mol. The molecule has 0 aliphatic carbocycles. The first-order valence-corrected chi connectivity index (χ1v) is 8.52. The minimum absolute atomic E-state index is 0. The standard InChI is InChI=1S/C20H20FN5O.HI/c21-16-6-3-8-18(13-16)27-19-15(5-4-11-24-19)14-26-20(22)25-12-9-17-7-1-2-10-23-17;/h1-8,10-11,13H,9,12,14H2,(H3,22,25,26);1H. The smallest absolute Gasteiger partial charge is 0.224 e. The van der Waals surface area contributed by atoms with Crippen LogP contribution in [0, 0.1) is 5.82 Å². The predicted octanol–water partition coefficient (Wildman–Crippen LogP) is 3.67. The summed E-state index contributed by atoms with van der Waals surface area (Å²) in [6, 6.07) is 15.3. The van der Waals surface area contributed by atoms with E-state index in [1.165, 1.54) is 12.1 Å². The number of aliphatic imine (C=N–C) groups is 1. The fraction of sp³-hybridized carbons (Fsp3) is 0.150. The molecule has 0 aliphatic heterocycles. The molecule has 146 valence electrons. The Kier molecular flexibility index (Phi) is 8.60. The fourth-order valence-electron chi connectivity index (χ4n) is 2.37. The zero-order valence-corrected chi connectivity index (χ0v) is 17.4. The van der Waals surface area contributed by atoms with E-state index in [2.05, 4.69) is 20.3 Å². The number of rotatable bonds is 7. The van der Waals surface area contributed by atoms with Crippen molar-refractivity contribution in [2.75, 3.05) is 6.54 Å². The average molecular weight is 493 g/mol. The minimum atomic E-state index is -0.371. The van der Waals surface area contributed by atoms with Gasteiger partial charge in [-0.05, 0) is 30.3 Å². The number of halogens is 2. The van der Waals surface area contributed by atoms with E-state index in [0.29, 0.717) is 30.7 Å². The Labute approximate surface area is 180 Å². The van der Waals surface area contributed by atoms with Crippen LogP contribution in [0.15, 0.2) is 72.0 Å². The molecule has 3 aromatic rings. The third-order valence-electron chi connectivity index (χ3n) is 3.69. The average Bonchev–Trinajstić information content (AvgIpc) is 2.68. The summed E-state index contributed by atoms with van der Waals surface area (Å²) in [7, 11) is 0. The maximum atomic E-state index is 13.3. The first-order chi connectivity index (χ1) is 13.2. The highest BCUT2D eigenvalue weighted by Crippen LogP contribution is 2.23. The molecule has 6 nitrogen and oxygen atoms in total. The van der Waals surface area contributed by atoms with Gasteiger partial charge in [-0.3, -0.25) is 4.98 Å². The Morgan fingerprint density at radius 2 is 1.93 bits per heavy atom. The van der Waals surface area contributed by atoms with Gasteiger partial charge in [0.15, 0.2) is 5.96 Å². The molecule has 2 aromatic heterocycles. The van der Waals surface area contributed by atoms with Crippen LogP contribution in [0.1, 0.15) is 11.3 Å². The highest BCUT2D eigenvalue weighted by molar-refractivity contribution is 14.0. The van der Waals surface area contributed by atoms with Gasteiger partial charge in [0, 0.05) is 42.7 Å². The third kappa shape index (κ3) is 6.76. The van der Waals surface area contributed by atoms with Crippen molar-refractivity contribution in [2.24, 2.45) is 10.7 Å². The first kappa shape index (κ1) is 21.5. The van der Waals surface area contributed by atoms with Gasteiger partial charge in [0.2, 0.25) is 5.88 Å². The van der Waals surface area contributed by atoms with Crippen LogP contribution < -0.4 is 15.8 Å². The zero-order valence-electron chi connectivity index (χ0n) is 15.1. The number of pyridine rings is 2. The van der Waals surface area contributed by atoms with Crippen LogP contribution in [-0.2, 0) is 13.0 Å². The van der Waals surface area contributed by atoms with Crippen LogP contribution in [0.25, 0.3) is 0 Å². The second kappa shape index (κ2) is 11.2. The van der Waals surface area contributed by atoms with Crippen LogP contribution in [0.2, 0.25) is 0 Å². The molecule has 0 spiro atoms. The van der Waals surface area contributed by atoms with Crippen molar-refractivity contribution in [3.63, 3.8) is 0 Å². The van der Waals surface area contributed by atoms with Gasteiger partial charge in [-0.15, -0.1) is 24.0 Å². The van der Waals surface area contributed by atoms with Crippen molar-refractivity contribution < 1.29 is 9.13 Å². The van der Waals surface area contributed by atoms with Crippen LogP contribution in [0.5, 0.6) is 11.6 Å². The minimum Gasteiger partial charge on any atom is -0.439 e. The summed E-state index contributed by atoms with van der Waals surface area (Å²) in [5.41, 5.74) is 7.64. The highest BCUT2D eigenvalue weighted by atomic mass is 127. The molecule has 0 fully saturated rings. The molecule has 3 rings (SSSR count). The molecule has 28 heavy (non-hydrogen) atoms. The van der Waals surface area contributed by atoms with E-state index in [1.54, 1.807) is 30.6 Å². The summed E-state index contributed by atoms with van der Waals surface area (Å²) in [5.74, 6) is 0.698. The van der Waals surface area contributed by atoms with Crippen LogP contribution in [-0.4, -0.2) is 22.5 Å². The van der Waals surface area contributed by atoms with Crippen LogP contribution in [0.3, 0.4) is 0 Å². The molecule has 0 saturated carbocycles. The molecule has 8 heteroatoms. The van der Waals surface area contributed by atoms with E-state index in [0.717, 1.165) is 17.7 Å². The van der Waals surface area contributed by atoms with Crippen molar-refractivity contribution >= 4 is 29.9 Å². The van der Waals surface area contributed by atoms with E-state index in [1.807, 2.05) is 24.3 Å². The number of benzene rings is 1. The maximum absolute atomic E-state index is 13.3. The molecule has 0 bridgehead atoms. The Morgan fingerprint density at radius 3 is 2.71 bits per heavy atom. The molecular weight excluding hydrogens is 472 g/mol. The second-order valence-electron chi connectivity index (χ2n) is 5.73. The molecule has 0 amide bonds. The lowest BCUT2D eigenvalue weighted by Gasteiger charge is -2.09. The number of nitrogens with one attached hydrogen (secondary N) is 1. The van der Waals surface area contributed by atoms with Gasteiger partial charge in [0.1, 0.15) is 11.6 Å². The van der Waals surface area contributed by atoms with Gasteiger partial charge in [-0.2, -0.15) is 0 Å². The highest BCUT2D eigenvalue weighted by Gasteiger charge is 2.07. The van der Waals surface area contributed by atoms with E-state index >= 15 is 0 Å². The normalized spacial score (nSPS) is 10.8. The van der Waals surface area contributed by atoms with Crippen LogP contribution >= 0.6 is 24.0 Å². The van der Waals surface area contributed by atoms with Crippen molar-refractivity contribution in [2.45, 2.75) is 13.0 Å². The topological polar surface area (TPSA) is 85.4 Å².